The van der Waals surface area contributed by atoms with Gasteiger partial charge < -0.3 is 20.1 Å². The quantitative estimate of drug-likeness (QED) is 0.605. The predicted octanol–water partition coefficient (Wildman–Crippen LogP) is 2.08. The van der Waals surface area contributed by atoms with E-state index in [9.17, 15) is 27.5 Å². The molecular weight excluding hydrogens is 465 g/mol. The Morgan fingerprint density at radius 2 is 2.03 bits per heavy atom. The lowest BCUT2D eigenvalue weighted by atomic mass is 10.2. The summed E-state index contributed by atoms with van der Waals surface area (Å²) in [6, 6.07) is 9.37. The van der Waals surface area contributed by atoms with E-state index in [2.05, 4.69) is 5.32 Å². The lowest BCUT2D eigenvalue weighted by Gasteiger charge is -2.23. The molecule has 9 nitrogen and oxygen atoms in total. The van der Waals surface area contributed by atoms with Gasteiger partial charge in [-0.25, -0.2) is 21.9 Å². The van der Waals surface area contributed by atoms with E-state index in [1.54, 1.807) is 0 Å². The van der Waals surface area contributed by atoms with Crippen LogP contribution in [0.3, 0.4) is 0 Å². The number of benzene rings is 2. The number of sulfonamides is 1. The van der Waals surface area contributed by atoms with Gasteiger partial charge in [0.15, 0.2) is 0 Å². The van der Waals surface area contributed by atoms with Crippen molar-refractivity contribution in [2.75, 3.05) is 25.5 Å². The van der Waals surface area contributed by atoms with Crippen molar-refractivity contribution in [2.45, 2.75) is 23.6 Å². The Hall–Kier alpha value is -2.73. The third-order valence-electron chi connectivity index (χ3n) is 4.78. The van der Waals surface area contributed by atoms with Crippen LogP contribution >= 0.6 is 11.6 Å². The van der Waals surface area contributed by atoms with Gasteiger partial charge in [-0.15, -0.1) is 0 Å². The summed E-state index contributed by atoms with van der Waals surface area (Å²) < 4.78 is 44.1. The van der Waals surface area contributed by atoms with Crippen LogP contribution in [-0.2, 0) is 26.1 Å². The van der Waals surface area contributed by atoms with Crippen molar-refractivity contribution in [1.29, 1.82) is 0 Å². The molecule has 0 bridgehead atoms. The van der Waals surface area contributed by atoms with Gasteiger partial charge in [0.1, 0.15) is 5.82 Å². The van der Waals surface area contributed by atoms with Gasteiger partial charge in [0.25, 0.3) is 11.7 Å². The third kappa shape index (κ3) is 5.01. The molecule has 0 spiro atoms. The molecule has 1 aliphatic heterocycles. The fourth-order valence-corrected chi connectivity index (χ4v) is 4.31. The molecular formula is C20H21ClFN3O6S. The summed E-state index contributed by atoms with van der Waals surface area (Å²) in [4.78, 5) is 26.0. The fraction of sp³-hybridized carbons (Fsp3) is 0.300. The SMILES string of the molecule is CN(C)S(=O)(=O)c1cccc(N2CC[C@](O)(OC(=O)NCc3cc(F)cc(Cl)c3)C2=O)c1. The summed E-state index contributed by atoms with van der Waals surface area (Å²) in [5.41, 5.74) is 0.587. The molecule has 0 saturated carbocycles. The molecule has 0 aromatic heterocycles. The lowest BCUT2D eigenvalue weighted by Crippen LogP contribution is -2.46. The van der Waals surface area contributed by atoms with Crippen LogP contribution in [0.5, 0.6) is 0 Å². The van der Waals surface area contributed by atoms with Crippen LogP contribution in [0.1, 0.15) is 12.0 Å². The Balaban J connectivity index is 1.69. The average molecular weight is 486 g/mol. The molecule has 2 aromatic rings. The first-order valence-electron chi connectivity index (χ1n) is 9.41. The summed E-state index contributed by atoms with van der Waals surface area (Å²) >= 11 is 5.76. The maximum absolute atomic E-state index is 13.4. The highest BCUT2D eigenvalue weighted by Crippen LogP contribution is 2.31. The van der Waals surface area contributed by atoms with E-state index in [4.69, 9.17) is 16.3 Å². The number of alkyl carbamates (subject to hydrolysis) is 1. The van der Waals surface area contributed by atoms with Crippen molar-refractivity contribution >= 4 is 39.3 Å². The minimum Gasteiger partial charge on any atom is -0.407 e. The smallest absolute Gasteiger partial charge is 0.407 e. The highest BCUT2D eigenvalue weighted by atomic mass is 35.5. The van der Waals surface area contributed by atoms with Gasteiger partial charge in [0.05, 0.1) is 4.90 Å². The Kier molecular flexibility index (Phi) is 6.75. The zero-order valence-corrected chi connectivity index (χ0v) is 18.8. The second-order valence-electron chi connectivity index (χ2n) is 7.30. The van der Waals surface area contributed by atoms with Gasteiger partial charge in [-0.1, -0.05) is 17.7 Å². The zero-order chi connectivity index (χ0) is 23.7. The van der Waals surface area contributed by atoms with E-state index < -0.39 is 33.6 Å². The highest BCUT2D eigenvalue weighted by Gasteiger charge is 2.49. The van der Waals surface area contributed by atoms with E-state index >= 15 is 0 Å². The number of nitrogens with zero attached hydrogens (tertiary/aromatic N) is 2. The Morgan fingerprint density at radius 1 is 1.31 bits per heavy atom. The van der Waals surface area contributed by atoms with Crippen molar-refractivity contribution in [3.8, 4) is 0 Å². The van der Waals surface area contributed by atoms with Gasteiger partial charge >= 0.3 is 6.09 Å². The summed E-state index contributed by atoms with van der Waals surface area (Å²) in [5, 5.41) is 13.1. The molecule has 172 valence electrons. The molecule has 1 fully saturated rings. The van der Waals surface area contributed by atoms with Gasteiger partial charge in [-0.2, -0.15) is 0 Å². The number of rotatable bonds is 6. The summed E-state index contributed by atoms with van der Waals surface area (Å²) in [6.07, 6.45) is -1.32. The number of hydrogen-bond donors (Lipinski definition) is 2. The first kappa shape index (κ1) is 23.9. The van der Waals surface area contributed by atoms with Crippen LogP contribution in [0.2, 0.25) is 5.02 Å². The van der Waals surface area contributed by atoms with Gasteiger partial charge in [0, 0.05) is 44.3 Å². The second-order valence-corrected chi connectivity index (χ2v) is 9.88. The molecule has 1 atom stereocenters. The maximum atomic E-state index is 13.4. The molecule has 1 heterocycles. The molecule has 0 unspecified atom stereocenters. The Morgan fingerprint density at radius 3 is 2.69 bits per heavy atom. The van der Waals surface area contributed by atoms with Gasteiger partial charge in [-0.05, 0) is 42.0 Å². The molecule has 0 aliphatic carbocycles. The van der Waals surface area contributed by atoms with Crippen LogP contribution in [0, 0.1) is 5.82 Å². The second kappa shape index (κ2) is 9.02. The van der Waals surface area contributed by atoms with Crippen molar-refractivity contribution in [3.63, 3.8) is 0 Å². The summed E-state index contributed by atoms with van der Waals surface area (Å²) in [5.74, 6) is -3.93. The number of anilines is 1. The number of amides is 2. The Labute approximate surface area is 189 Å². The standard InChI is InChI=1S/C20H21ClFN3O6S/c1-24(2)32(29,30)17-5-3-4-16(11-17)25-7-6-20(28,18(25)26)31-19(27)23-12-13-8-14(21)10-15(22)9-13/h3-5,8-11,28H,6-7,12H2,1-2H3,(H,23,27)/t20-/m0/s1. The Bertz CT molecular complexity index is 1140. The summed E-state index contributed by atoms with van der Waals surface area (Å²) in [7, 11) is -0.971. The number of halogens is 2. The minimum absolute atomic E-state index is 0.00637. The van der Waals surface area contributed by atoms with Crippen LogP contribution in [0.25, 0.3) is 0 Å². The predicted molar refractivity (Wildman–Crippen MR) is 114 cm³/mol. The average Bonchev–Trinajstić information content (AvgIpc) is 3.00. The fourth-order valence-electron chi connectivity index (χ4n) is 3.12. The normalized spacial score (nSPS) is 18.8. The number of ether oxygens (including phenoxy) is 1. The molecule has 1 aliphatic rings. The number of nitrogens with one attached hydrogen (secondary N) is 1. The van der Waals surface area contributed by atoms with Crippen molar-refractivity contribution < 1.29 is 32.2 Å². The van der Waals surface area contributed by atoms with Crippen molar-refractivity contribution in [1.82, 2.24) is 9.62 Å². The number of carbonyl (C=O) groups is 2. The van der Waals surface area contributed by atoms with Crippen LogP contribution in [-0.4, -0.2) is 56.3 Å². The molecule has 2 aromatic carbocycles. The lowest BCUT2D eigenvalue weighted by molar-refractivity contribution is -0.175. The van der Waals surface area contributed by atoms with Crippen LogP contribution in [0.4, 0.5) is 14.9 Å². The number of carbonyl (C=O) groups excluding carboxylic acids is 2. The monoisotopic (exact) mass is 485 g/mol. The van der Waals surface area contributed by atoms with Gasteiger partial charge in [-0.3, -0.25) is 4.79 Å². The van der Waals surface area contributed by atoms with E-state index in [1.807, 2.05) is 0 Å². The van der Waals surface area contributed by atoms with E-state index in [-0.39, 0.29) is 35.1 Å². The molecule has 0 radical (unpaired) electrons. The minimum atomic E-state index is -3.73. The molecule has 2 amide bonds. The molecule has 12 heteroatoms. The third-order valence-corrected chi connectivity index (χ3v) is 6.81. The largest absolute Gasteiger partial charge is 0.410 e. The highest BCUT2D eigenvalue weighted by molar-refractivity contribution is 7.89. The number of aliphatic hydroxyl groups is 1. The van der Waals surface area contributed by atoms with Crippen LogP contribution < -0.4 is 10.2 Å². The maximum Gasteiger partial charge on any atom is 0.410 e. The zero-order valence-electron chi connectivity index (χ0n) is 17.2. The van der Waals surface area contributed by atoms with E-state index in [0.717, 1.165) is 21.3 Å². The molecule has 3 rings (SSSR count). The van der Waals surface area contributed by atoms with Crippen LogP contribution in [0.15, 0.2) is 47.4 Å². The first-order valence-corrected chi connectivity index (χ1v) is 11.2. The van der Waals surface area contributed by atoms with Crippen molar-refractivity contribution in [2.24, 2.45) is 0 Å². The molecule has 32 heavy (non-hydrogen) atoms. The van der Waals surface area contributed by atoms with Gasteiger partial charge in [0.2, 0.25) is 10.0 Å². The van der Waals surface area contributed by atoms with Crippen molar-refractivity contribution in [3.05, 3.63) is 58.9 Å². The molecule has 1 saturated heterocycles. The number of hydrogen-bond acceptors (Lipinski definition) is 6. The van der Waals surface area contributed by atoms with E-state index in [1.165, 1.54) is 44.4 Å². The van der Waals surface area contributed by atoms with E-state index in [0.29, 0.717) is 5.56 Å². The molecule has 2 N–H and O–H groups in total. The first-order chi connectivity index (χ1) is 14.9. The topological polar surface area (TPSA) is 116 Å². The summed E-state index contributed by atoms with van der Waals surface area (Å²) in [6.45, 7) is -0.150.